The third-order valence-corrected chi connectivity index (χ3v) is 4.14. The normalized spacial score (nSPS) is 10.7. The lowest BCUT2D eigenvalue weighted by Crippen LogP contribution is -2.27. The van der Waals surface area contributed by atoms with Gasteiger partial charge >= 0.3 is 0 Å². The molecule has 0 atom stereocenters. The summed E-state index contributed by atoms with van der Waals surface area (Å²) in [5.74, 6) is 0.950. The molecule has 124 valence electrons. The predicted molar refractivity (Wildman–Crippen MR) is 96.3 cm³/mol. The highest BCUT2D eigenvalue weighted by Crippen LogP contribution is 2.21. The molecule has 0 saturated heterocycles. The average molecular weight is 322 g/mol. The highest BCUT2D eigenvalue weighted by molar-refractivity contribution is 5.81. The van der Waals surface area contributed by atoms with Crippen LogP contribution in [0.3, 0.4) is 0 Å². The van der Waals surface area contributed by atoms with Crippen LogP contribution in [0.15, 0.2) is 60.8 Å². The van der Waals surface area contributed by atoms with Crippen LogP contribution < -0.4 is 10.1 Å². The van der Waals surface area contributed by atoms with Crippen LogP contribution in [0.5, 0.6) is 5.75 Å². The van der Waals surface area contributed by atoms with Gasteiger partial charge in [-0.25, -0.2) is 0 Å². The van der Waals surface area contributed by atoms with Gasteiger partial charge < -0.3 is 14.6 Å². The zero-order valence-corrected chi connectivity index (χ0v) is 13.9. The molecule has 3 rings (SSSR count). The quantitative estimate of drug-likeness (QED) is 0.724. The summed E-state index contributed by atoms with van der Waals surface area (Å²) >= 11 is 0. The lowest BCUT2D eigenvalue weighted by molar-refractivity contribution is -0.121. The maximum absolute atomic E-state index is 12.0. The zero-order valence-electron chi connectivity index (χ0n) is 13.9. The Bertz CT molecular complexity index is 809. The Labute approximate surface area is 142 Å². The maximum Gasteiger partial charge on any atom is 0.220 e. The fraction of sp³-hybridized carbons (Fsp3) is 0.250. The molecule has 0 saturated carbocycles. The summed E-state index contributed by atoms with van der Waals surface area (Å²) in [6.07, 6.45) is 3.34. The largest absolute Gasteiger partial charge is 0.497 e. The lowest BCUT2D eigenvalue weighted by atomic mass is 10.1. The van der Waals surface area contributed by atoms with Gasteiger partial charge in [0.1, 0.15) is 5.75 Å². The van der Waals surface area contributed by atoms with E-state index in [1.54, 1.807) is 7.11 Å². The van der Waals surface area contributed by atoms with Gasteiger partial charge in [-0.2, -0.15) is 0 Å². The van der Waals surface area contributed by atoms with E-state index in [0.29, 0.717) is 13.0 Å². The molecule has 0 bridgehead atoms. The Morgan fingerprint density at radius 1 is 1.12 bits per heavy atom. The number of nitrogens with zero attached hydrogens (tertiary/aromatic N) is 1. The van der Waals surface area contributed by atoms with E-state index in [-0.39, 0.29) is 5.91 Å². The number of ether oxygens (including phenoxy) is 1. The number of rotatable bonds is 7. The van der Waals surface area contributed by atoms with Crippen molar-refractivity contribution in [3.8, 4) is 5.75 Å². The monoisotopic (exact) mass is 322 g/mol. The number of aromatic nitrogens is 1. The van der Waals surface area contributed by atoms with Crippen molar-refractivity contribution >= 4 is 16.8 Å². The number of hydrogen-bond donors (Lipinski definition) is 1. The van der Waals surface area contributed by atoms with E-state index in [1.807, 2.05) is 54.7 Å². The summed E-state index contributed by atoms with van der Waals surface area (Å²) in [6, 6.07) is 18.2. The number of methoxy groups -OCH3 is 1. The molecule has 0 fully saturated rings. The van der Waals surface area contributed by atoms with E-state index in [9.17, 15) is 4.79 Å². The molecule has 24 heavy (non-hydrogen) atoms. The summed E-state index contributed by atoms with van der Waals surface area (Å²) in [4.78, 5) is 12.0. The molecule has 0 radical (unpaired) electrons. The molecule has 1 amide bonds. The Balaban J connectivity index is 1.48. The van der Waals surface area contributed by atoms with Gasteiger partial charge in [0.05, 0.1) is 7.11 Å². The zero-order chi connectivity index (χ0) is 16.8. The van der Waals surface area contributed by atoms with Gasteiger partial charge in [0.25, 0.3) is 0 Å². The smallest absolute Gasteiger partial charge is 0.220 e. The van der Waals surface area contributed by atoms with Crippen molar-refractivity contribution in [3.05, 3.63) is 66.4 Å². The van der Waals surface area contributed by atoms with Gasteiger partial charge in [0.15, 0.2) is 0 Å². The molecule has 0 aliphatic heterocycles. The number of fused-ring (bicyclic) bond motifs is 1. The molecule has 0 aliphatic carbocycles. The Morgan fingerprint density at radius 3 is 2.75 bits per heavy atom. The fourth-order valence-corrected chi connectivity index (χ4v) is 2.81. The van der Waals surface area contributed by atoms with Crippen molar-refractivity contribution in [1.82, 2.24) is 9.88 Å². The van der Waals surface area contributed by atoms with Crippen LogP contribution in [0.4, 0.5) is 0 Å². The van der Waals surface area contributed by atoms with E-state index in [2.05, 4.69) is 16.0 Å². The Kier molecular flexibility index (Phi) is 5.16. The van der Waals surface area contributed by atoms with Gasteiger partial charge in [-0.3, -0.25) is 4.79 Å². The van der Waals surface area contributed by atoms with Crippen molar-refractivity contribution in [1.29, 1.82) is 0 Å². The molecule has 0 aliphatic rings. The molecule has 3 aromatic rings. The number of aryl methyl sites for hydroxylation is 1. The van der Waals surface area contributed by atoms with Crippen molar-refractivity contribution in [2.24, 2.45) is 0 Å². The molecular formula is C20H22N2O2. The number of carbonyl (C=O) groups excluding carboxylic acids is 1. The topological polar surface area (TPSA) is 43.3 Å². The molecular weight excluding hydrogens is 300 g/mol. The van der Waals surface area contributed by atoms with Crippen molar-refractivity contribution in [2.45, 2.75) is 19.4 Å². The molecule has 4 heteroatoms. The summed E-state index contributed by atoms with van der Waals surface area (Å²) in [5.41, 5.74) is 2.34. The molecule has 2 aromatic carbocycles. The van der Waals surface area contributed by atoms with Crippen LogP contribution in [0, 0.1) is 0 Å². The Morgan fingerprint density at radius 2 is 1.96 bits per heavy atom. The molecule has 1 N–H and O–H groups in total. The number of hydrogen-bond acceptors (Lipinski definition) is 2. The summed E-state index contributed by atoms with van der Waals surface area (Å²) in [5, 5.41) is 4.14. The van der Waals surface area contributed by atoms with E-state index >= 15 is 0 Å². The minimum Gasteiger partial charge on any atom is -0.497 e. The number of nitrogens with one attached hydrogen (secondary N) is 1. The molecule has 0 spiro atoms. The summed E-state index contributed by atoms with van der Waals surface area (Å²) in [7, 11) is 1.67. The second-order valence-electron chi connectivity index (χ2n) is 5.77. The second-order valence-corrected chi connectivity index (χ2v) is 5.77. The van der Waals surface area contributed by atoms with Crippen molar-refractivity contribution in [2.75, 3.05) is 13.7 Å². The fourth-order valence-electron chi connectivity index (χ4n) is 2.81. The standard InChI is InChI=1S/C20H22N2O2/c1-24-18-8-9-19-17(15-18)11-13-22(19)14-12-21-20(23)10-7-16-5-3-2-4-6-16/h2-6,8-9,11,13,15H,7,10,12,14H2,1H3,(H,21,23). The average Bonchev–Trinajstić information content (AvgIpc) is 3.03. The van der Waals surface area contributed by atoms with Gasteiger partial charge in [-0.1, -0.05) is 30.3 Å². The number of benzene rings is 2. The van der Waals surface area contributed by atoms with Crippen LogP contribution in [-0.4, -0.2) is 24.1 Å². The molecule has 1 heterocycles. The van der Waals surface area contributed by atoms with E-state index in [0.717, 1.165) is 29.6 Å². The van der Waals surface area contributed by atoms with Gasteiger partial charge in [-0.05, 0) is 36.2 Å². The second kappa shape index (κ2) is 7.68. The van der Waals surface area contributed by atoms with E-state index in [1.165, 1.54) is 5.56 Å². The van der Waals surface area contributed by atoms with Crippen LogP contribution in [0.2, 0.25) is 0 Å². The first-order valence-electron chi connectivity index (χ1n) is 8.20. The number of amides is 1. The van der Waals surface area contributed by atoms with Crippen LogP contribution in [-0.2, 0) is 17.8 Å². The highest BCUT2D eigenvalue weighted by atomic mass is 16.5. The summed E-state index contributed by atoms with van der Waals surface area (Å²) in [6.45, 7) is 1.39. The molecule has 1 aromatic heterocycles. The van der Waals surface area contributed by atoms with E-state index < -0.39 is 0 Å². The van der Waals surface area contributed by atoms with Crippen molar-refractivity contribution < 1.29 is 9.53 Å². The minimum atomic E-state index is 0.0944. The van der Waals surface area contributed by atoms with Crippen molar-refractivity contribution in [3.63, 3.8) is 0 Å². The highest BCUT2D eigenvalue weighted by Gasteiger charge is 2.04. The maximum atomic E-state index is 12.0. The first-order valence-corrected chi connectivity index (χ1v) is 8.20. The number of carbonyl (C=O) groups is 1. The Hall–Kier alpha value is -2.75. The molecule has 0 unspecified atom stereocenters. The first kappa shape index (κ1) is 16.1. The minimum absolute atomic E-state index is 0.0944. The lowest BCUT2D eigenvalue weighted by Gasteiger charge is -2.08. The van der Waals surface area contributed by atoms with Crippen LogP contribution in [0.25, 0.3) is 10.9 Å². The third-order valence-electron chi connectivity index (χ3n) is 4.14. The van der Waals surface area contributed by atoms with Gasteiger partial charge in [0.2, 0.25) is 5.91 Å². The molecule has 4 nitrogen and oxygen atoms in total. The van der Waals surface area contributed by atoms with Crippen LogP contribution >= 0.6 is 0 Å². The first-order chi connectivity index (χ1) is 11.8. The van der Waals surface area contributed by atoms with Gasteiger partial charge in [-0.15, -0.1) is 0 Å². The van der Waals surface area contributed by atoms with Crippen LogP contribution in [0.1, 0.15) is 12.0 Å². The SMILES string of the molecule is COc1ccc2c(ccn2CCNC(=O)CCc2ccccc2)c1. The third kappa shape index (κ3) is 3.96. The summed E-state index contributed by atoms with van der Waals surface area (Å²) < 4.78 is 7.39. The predicted octanol–water partition coefficient (Wildman–Crippen LogP) is 3.40. The van der Waals surface area contributed by atoms with Gasteiger partial charge in [0, 0.05) is 36.6 Å². The van der Waals surface area contributed by atoms with E-state index in [4.69, 9.17) is 4.74 Å².